The van der Waals surface area contributed by atoms with Crippen LogP contribution in [0.3, 0.4) is 0 Å². The van der Waals surface area contributed by atoms with Gasteiger partial charge in [0.05, 0.1) is 0 Å². The Morgan fingerprint density at radius 3 is 1.88 bits per heavy atom. The molecule has 0 spiro atoms. The van der Waals surface area contributed by atoms with Gasteiger partial charge in [-0.1, -0.05) is 6.92 Å². The average molecular weight is 478 g/mol. The van der Waals surface area contributed by atoms with Gasteiger partial charge in [0, 0.05) is 5.75 Å². The van der Waals surface area contributed by atoms with E-state index in [-0.39, 0.29) is 12.2 Å². The van der Waals surface area contributed by atoms with Gasteiger partial charge in [-0.3, -0.25) is 4.79 Å². The highest BCUT2D eigenvalue weighted by atomic mass is 32.2. The van der Waals surface area contributed by atoms with Gasteiger partial charge >= 0.3 is 18.2 Å². The quantitative estimate of drug-likeness (QED) is 0.382. The molecule has 0 aromatic rings. The number of ether oxygens (including phenoxy) is 2. The molecule has 0 aliphatic carbocycles. The molecule has 10 nitrogen and oxygen atoms in total. The fraction of sp³-hybridized carbons (Fsp3) is 0.810. The summed E-state index contributed by atoms with van der Waals surface area (Å²) in [5, 5.41) is 11.9. The third-order valence-corrected chi connectivity index (χ3v) is 4.81. The maximum absolute atomic E-state index is 13.1. The van der Waals surface area contributed by atoms with E-state index in [9.17, 15) is 24.3 Å². The Hall–Kier alpha value is -2.01. The van der Waals surface area contributed by atoms with Crippen LogP contribution in [0.2, 0.25) is 0 Å². The number of rotatable bonds is 11. The molecule has 0 rings (SSSR count). The number of carboxylic acids is 1. The molecule has 0 saturated heterocycles. The highest BCUT2D eigenvalue weighted by Crippen LogP contribution is 2.20. The number of carbonyl (C=O) groups is 4. The van der Waals surface area contributed by atoms with E-state index in [0.717, 1.165) is 0 Å². The van der Waals surface area contributed by atoms with Crippen LogP contribution < -0.4 is 11.1 Å². The first-order chi connectivity index (χ1) is 14.6. The second-order valence-electron chi connectivity index (χ2n) is 9.19. The zero-order valence-electron chi connectivity index (χ0n) is 20.2. The average Bonchev–Trinajstić information content (AvgIpc) is 2.60. The molecular formula is C21H39N3O7S. The maximum Gasteiger partial charge on any atom is 0.420 e. The molecule has 1 unspecified atom stereocenters. The lowest BCUT2D eigenvalue weighted by Gasteiger charge is -2.33. The van der Waals surface area contributed by atoms with Crippen LogP contribution in [0.25, 0.3) is 0 Å². The van der Waals surface area contributed by atoms with E-state index < -0.39 is 47.3 Å². The zero-order chi connectivity index (χ0) is 25.1. The lowest BCUT2D eigenvalue weighted by atomic mass is 10.1. The molecule has 186 valence electrons. The molecule has 0 fully saturated rings. The van der Waals surface area contributed by atoms with Gasteiger partial charge in [0.25, 0.3) is 0 Å². The summed E-state index contributed by atoms with van der Waals surface area (Å²) in [6.07, 6.45) is -1.04. The third-order valence-electron chi connectivity index (χ3n) is 3.83. The number of thioether (sulfide) groups is 1. The van der Waals surface area contributed by atoms with Crippen LogP contribution in [0.4, 0.5) is 9.59 Å². The van der Waals surface area contributed by atoms with Gasteiger partial charge in [0.1, 0.15) is 23.3 Å². The summed E-state index contributed by atoms with van der Waals surface area (Å²) in [5.41, 5.74) is 3.68. The monoisotopic (exact) mass is 477 g/mol. The molecule has 0 heterocycles. The van der Waals surface area contributed by atoms with Crippen LogP contribution in [0.5, 0.6) is 0 Å². The number of imide groups is 1. The summed E-state index contributed by atoms with van der Waals surface area (Å²) in [6, 6.07) is -2.50. The molecule has 0 radical (unpaired) electrons. The van der Waals surface area contributed by atoms with Gasteiger partial charge in [0.15, 0.2) is 0 Å². The van der Waals surface area contributed by atoms with E-state index >= 15 is 0 Å². The number of carbonyl (C=O) groups excluding carboxylic acids is 3. The zero-order valence-corrected chi connectivity index (χ0v) is 21.0. The van der Waals surface area contributed by atoms with Crippen molar-refractivity contribution >= 4 is 35.8 Å². The first-order valence-electron chi connectivity index (χ1n) is 10.7. The first kappa shape index (κ1) is 30.0. The number of hydrogen-bond donors (Lipinski definition) is 3. The van der Waals surface area contributed by atoms with Crippen molar-refractivity contribution in [2.75, 3.05) is 18.1 Å². The summed E-state index contributed by atoms with van der Waals surface area (Å²) >= 11 is 1.35. The molecule has 2 atom stereocenters. The Labute approximate surface area is 194 Å². The van der Waals surface area contributed by atoms with Crippen molar-refractivity contribution in [3.63, 3.8) is 0 Å². The number of nitrogens with two attached hydrogens (primary N) is 1. The molecule has 0 bridgehead atoms. The Kier molecular flexibility index (Phi) is 12.7. The highest BCUT2D eigenvalue weighted by Gasteiger charge is 2.40. The van der Waals surface area contributed by atoms with E-state index in [1.165, 1.54) is 11.8 Å². The van der Waals surface area contributed by atoms with Crippen molar-refractivity contribution in [2.45, 2.75) is 91.0 Å². The minimum Gasteiger partial charge on any atom is -0.480 e. The molecule has 0 aliphatic rings. The van der Waals surface area contributed by atoms with Gasteiger partial charge in [-0.25, -0.2) is 14.4 Å². The van der Waals surface area contributed by atoms with E-state index in [2.05, 4.69) is 5.32 Å². The van der Waals surface area contributed by atoms with Gasteiger partial charge in [-0.05, 0) is 73.1 Å². The van der Waals surface area contributed by atoms with Crippen LogP contribution in [0.1, 0.15) is 67.7 Å². The first-order valence-corrected chi connectivity index (χ1v) is 11.8. The Bertz CT molecular complexity index is 616. The summed E-state index contributed by atoms with van der Waals surface area (Å²) in [7, 11) is 0. The molecule has 11 heteroatoms. The largest absolute Gasteiger partial charge is 0.480 e. The molecule has 3 amide bonds. The van der Waals surface area contributed by atoms with Crippen molar-refractivity contribution in [1.29, 1.82) is 0 Å². The Morgan fingerprint density at radius 1 is 1.00 bits per heavy atom. The fourth-order valence-electron chi connectivity index (χ4n) is 2.49. The van der Waals surface area contributed by atoms with Crippen LogP contribution in [0.15, 0.2) is 0 Å². The minimum absolute atomic E-state index is 0.0782. The van der Waals surface area contributed by atoms with E-state index in [0.29, 0.717) is 30.0 Å². The number of amides is 3. The number of nitrogens with one attached hydrogen (secondary N) is 1. The molecule has 4 N–H and O–H groups in total. The number of nitrogens with zero attached hydrogens (tertiary/aromatic N) is 1. The van der Waals surface area contributed by atoms with Crippen LogP contribution in [-0.4, -0.2) is 75.4 Å². The van der Waals surface area contributed by atoms with Crippen molar-refractivity contribution in [2.24, 2.45) is 5.73 Å². The standard InChI is InChI=1S/C21H39N3O7S/c1-8-32-13-14(17(26)27)23-16(25)15(11-9-10-12-22)24(18(28)30-20(2,3)4)19(29)31-21(5,6)7/h14-15H,8-13,22H2,1-7H3,(H,23,25)(H,26,27)/t14?,15-/m0/s1. The molecule has 32 heavy (non-hydrogen) atoms. The van der Waals surface area contributed by atoms with Crippen LogP contribution in [0, 0.1) is 0 Å². The number of unbranched alkanes of at least 4 members (excludes halogenated alkanes) is 1. The normalized spacial score (nSPS) is 13.6. The van der Waals surface area contributed by atoms with Gasteiger partial charge in [0.2, 0.25) is 5.91 Å². The third kappa shape index (κ3) is 12.1. The van der Waals surface area contributed by atoms with E-state index in [1.54, 1.807) is 41.5 Å². The van der Waals surface area contributed by atoms with Crippen LogP contribution in [-0.2, 0) is 19.1 Å². The lowest BCUT2D eigenvalue weighted by Crippen LogP contribution is -2.57. The molecular weight excluding hydrogens is 438 g/mol. The molecule has 0 saturated carbocycles. The Morgan fingerprint density at radius 2 is 1.50 bits per heavy atom. The van der Waals surface area contributed by atoms with Crippen molar-refractivity contribution < 1.29 is 33.8 Å². The van der Waals surface area contributed by atoms with E-state index in [4.69, 9.17) is 15.2 Å². The SMILES string of the molecule is CCSCC(NC(=O)[C@H](CCCCN)N(C(=O)OC(C)(C)C)C(=O)OC(C)(C)C)C(=O)O. The number of carboxylic acid groups (broad SMARTS) is 1. The lowest BCUT2D eigenvalue weighted by molar-refractivity contribution is -0.141. The second kappa shape index (κ2) is 13.5. The second-order valence-corrected chi connectivity index (χ2v) is 10.5. The topological polar surface area (TPSA) is 148 Å². The predicted octanol–water partition coefficient (Wildman–Crippen LogP) is 2.98. The number of hydrogen-bond acceptors (Lipinski definition) is 8. The fourth-order valence-corrected chi connectivity index (χ4v) is 3.19. The molecule has 0 aliphatic heterocycles. The maximum atomic E-state index is 13.1. The van der Waals surface area contributed by atoms with Gasteiger partial charge in [-0.2, -0.15) is 16.7 Å². The summed E-state index contributed by atoms with van der Waals surface area (Å²) < 4.78 is 10.7. The van der Waals surface area contributed by atoms with Gasteiger partial charge < -0.3 is 25.6 Å². The van der Waals surface area contributed by atoms with Crippen molar-refractivity contribution in [1.82, 2.24) is 10.2 Å². The minimum atomic E-state index is -1.32. The van der Waals surface area contributed by atoms with E-state index in [1.807, 2.05) is 6.92 Å². The summed E-state index contributed by atoms with van der Waals surface area (Å²) in [4.78, 5) is 51.2. The smallest absolute Gasteiger partial charge is 0.420 e. The van der Waals surface area contributed by atoms with Crippen LogP contribution >= 0.6 is 11.8 Å². The summed E-state index contributed by atoms with van der Waals surface area (Å²) in [5.74, 6) is -1.17. The number of aliphatic carboxylic acids is 1. The predicted molar refractivity (Wildman–Crippen MR) is 124 cm³/mol. The Balaban J connectivity index is 6.05. The molecule has 0 aromatic carbocycles. The van der Waals surface area contributed by atoms with Gasteiger partial charge in [-0.15, -0.1) is 0 Å². The van der Waals surface area contributed by atoms with Crippen molar-refractivity contribution in [3.05, 3.63) is 0 Å². The van der Waals surface area contributed by atoms with Crippen molar-refractivity contribution in [3.8, 4) is 0 Å². The molecule has 0 aromatic heterocycles. The summed E-state index contributed by atoms with van der Waals surface area (Å²) in [6.45, 7) is 12.0. The highest BCUT2D eigenvalue weighted by molar-refractivity contribution is 7.99.